The van der Waals surface area contributed by atoms with Crippen LogP contribution in [0, 0.1) is 13.8 Å². The molecular weight excluding hydrogens is 204 g/mol. The summed E-state index contributed by atoms with van der Waals surface area (Å²) < 4.78 is 0. The summed E-state index contributed by atoms with van der Waals surface area (Å²) in [6.07, 6.45) is 3.20. The molecule has 0 aliphatic heterocycles. The summed E-state index contributed by atoms with van der Waals surface area (Å²) in [4.78, 5) is 1.30. The number of hydrogen-bond donors (Lipinski definition) is 1. The van der Waals surface area contributed by atoms with Crippen LogP contribution < -0.4 is 0 Å². The Labute approximate surface area is 95.9 Å². The van der Waals surface area contributed by atoms with Gasteiger partial charge in [-0.3, -0.25) is 0 Å². The zero-order valence-electron chi connectivity index (χ0n) is 9.36. The summed E-state index contributed by atoms with van der Waals surface area (Å²) in [6.45, 7) is 4.28. The van der Waals surface area contributed by atoms with Gasteiger partial charge in [-0.1, -0.05) is 6.07 Å². The van der Waals surface area contributed by atoms with E-state index in [0.717, 1.165) is 12.8 Å². The quantitative estimate of drug-likeness (QED) is 0.828. The molecule has 0 unspecified atom stereocenters. The molecule has 0 amide bonds. The van der Waals surface area contributed by atoms with Crippen LogP contribution in [0.1, 0.15) is 30.4 Å². The van der Waals surface area contributed by atoms with Crippen molar-refractivity contribution in [2.75, 3.05) is 0 Å². The molecule has 2 rings (SSSR count). The molecule has 1 aromatic rings. The highest BCUT2D eigenvalue weighted by Gasteiger charge is 2.25. The van der Waals surface area contributed by atoms with Crippen LogP contribution in [0.4, 0.5) is 0 Å². The number of hydrogen-bond acceptors (Lipinski definition) is 2. The van der Waals surface area contributed by atoms with Crippen LogP contribution in [0.5, 0.6) is 0 Å². The van der Waals surface area contributed by atoms with Gasteiger partial charge in [-0.2, -0.15) is 0 Å². The van der Waals surface area contributed by atoms with Crippen LogP contribution in [-0.2, 0) is 0 Å². The van der Waals surface area contributed by atoms with Gasteiger partial charge in [0.2, 0.25) is 0 Å². The van der Waals surface area contributed by atoms with E-state index in [-0.39, 0.29) is 6.10 Å². The Hall–Kier alpha value is -0.470. The molecule has 2 atom stereocenters. The molecule has 2 heteroatoms. The van der Waals surface area contributed by atoms with Crippen molar-refractivity contribution in [1.82, 2.24) is 0 Å². The second kappa shape index (κ2) is 4.58. The minimum absolute atomic E-state index is 0.100. The molecule has 0 bridgehead atoms. The topological polar surface area (TPSA) is 20.2 Å². The van der Waals surface area contributed by atoms with E-state index in [1.807, 2.05) is 11.8 Å². The Kier molecular flexibility index (Phi) is 3.37. The first kappa shape index (κ1) is 11.0. The van der Waals surface area contributed by atoms with Crippen LogP contribution in [0.3, 0.4) is 0 Å². The fourth-order valence-corrected chi connectivity index (χ4v) is 3.32. The average molecular weight is 222 g/mol. The molecule has 0 spiro atoms. The van der Waals surface area contributed by atoms with Crippen molar-refractivity contribution in [3.05, 3.63) is 29.3 Å². The van der Waals surface area contributed by atoms with E-state index >= 15 is 0 Å². The van der Waals surface area contributed by atoms with E-state index in [0.29, 0.717) is 5.25 Å². The summed E-state index contributed by atoms with van der Waals surface area (Å²) in [5.74, 6) is 0. The summed E-state index contributed by atoms with van der Waals surface area (Å²) in [5.41, 5.74) is 2.68. The Balaban J connectivity index is 2.07. The number of benzene rings is 1. The van der Waals surface area contributed by atoms with Gasteiger partial charge < -0.3 is 5.11 Å². The predicted molar refractivity (Wildman–Crippen MR) is 65.4 cm³/mol. The maximum Gasteiger partial charge on any atom is 0.0662 e. The molecule has 0 saturated heterocycles. The summed E-state index contributed by atoms with van der Waals surface area (Å²) in [5, 5.41) is 10.2. The van der Waals surface area contributed by atoms with Gasteiger partial charge in [-0.05, 0) is 56.4 Å². The highest BCUT2D eigenvalue weighted by molar-refractivity contribution is 8.00. The Morgan fingerprint density at radius 1 is 1.20 bits per heavy atom. The van der Waals surface area contributed by atoms with Crippen molar-refractivity contribution >= 4 is 11.8 Å². The lowest BCUT2D eigenvalue weighted by Crippen LogP contribution is -2.14. The molecular formula is C13H18OS. The second-order valence-corrected chi connectivity index (χ2v) is 5.71. The molecule has 1 aromatic carbocycles. The van der Waals surface area contributed by atoms with Crippen LogP contribution in [0.2, 0.25) is 0 Å². The lowest BCUT2D eigenvalue weighted by Gasteiger charge is -2.14. The zero-order chi connectivity index (χ0) is 10.8. The number of aliphatic hydroxyl groups excluding tert-OH is 1. The minimum Gasteiger partial charge on any atom is -0.392 e. The summed E-state index contributed by atoms with van der Waals surface area (Å²) in [6, 6.07) is 6.56. The molecule has 1 N–H and O–H groups in total. The molecule has 0 aromatic heterocycles. The molecule has 82 valence electrons. The monoisotopic (exact) mass is 222 g/mol. The van der Waals surface area contributed by atoms with Crippen molar-refractivity contribution in [2.45, 2.75) is 49.4 Å². The first-order valence-electron chi connectivity index (χ1n) is 5.59. The first-order chi connectivity index (χ1) is 7.16. The SMILES string of the molecule is Cc1ccc(S[C@H]2CCC[C@@H]2O)cc1C. The largest absolute Gasteiger partial charge is 0.392 e. The normalized spacial score (nSPS) is 25.8. The molecule has 1 aliphatic carbocycles. The smallest absolute Gasteiger partial charge is 0.0662 e. The number of aliphatic hydroxyl groups is 1. The van der Waals surface area contributed by atoms with E-state index in [1.54, 1.807) is 0 Å². The zero-order valence-corrected chi connectivity index (χ0v) is 10.2. The van der Waals surface area contributed by atoms with E-state index < -0.39 is 0 Å². The molecule has 1 saturated carbocycles. The van der Waals surface area contributed by atoms with Gasteiger partial charge in [0, 0.05) is 10.1 Å². The van der Waals surface area contributed by atoms with Crippen molar-refractivity contribution in [3.8, 4) is 0 Å². The van der Waals surface area contributed by atoms with Gasteiger partial charge in [-0.25, -0.2) is 0 Å². The van der Waals surface area contributed by atoms with Crippen molar-refractivity contribution in [2.24, 2.45) is 0 Å². The van der Waals surface area contributed by atoms with E-state index in [1.165, 1.54) is 22.4 Å². The van der Waals surface area contributed by atoms with Crippen molar-refractivity contribution < 1.29 is 5.11 Å². The van der Waals surface area contributed by atoms with E-state index in [4.69, 9.17) is 0 Å². The van der Waals surface area contributed by atoms with Crippen molar-refractivity contribution in [3.63, 3.8) is 0 Å². The molecule has 15 heavy (non-hydrogen) atoms. The molecule has 0 heterocycles. The van der Waals surface area contributed by atoms with Gasteiger partial charge >= 0.3 is 0 Å². The summed E-state index contributed by atoms with van der Waals surface area (Å²) >= 11 is 1.83. The molecule has 1 nitrogen and oxygen atoms in total. The molecule has 1 fully saturated rings. The number of rotatable bonds is 2. The van der Waals surface area contributed by atoms with E-state index in [9.17, 15) is 5.11 Å². The van der Waals surface area contributed by atoms with Crippen LogP contribution in [-0.4, -0.2) is 16.5 Å². The molecule has 1 aliphatic rings. The third kappa shape index (κ3) is 2.56. The third-order valence-electron chi connectivity index (χ3n) is 3.18. The fraction of sp³-hybridized carbons (Fsp3) is 0.538. The second-order valence-electron chi connectivity index (χ2n) is 4.40. The lowest BCUT2D eigenvalue weighted by atomic mass is 10.1. The maximum absolute atomic E-state index is 9.75. The van der Waals surface area contributed by atoms with Crippen LogP contribution in [0.15, 0.2) is 23.1 Å². The van der Waals surface area contributed by atoms with E-state index in [2.05, 4.69) is 32.0 Å². The third-order valence-corrected chi connectivity index (χ3v) is 4.56. The molecule has 0 radical (unpaired) electrons. The Morgan fingerprint density at radius 2 is 2.00 bits per heavy atom. The predicted octanol–water partition coefficient (Wildman–Crippen LogP) is 3.31. The highest BCUT2D eigenvalue weighted by atomic mass is 32.2. The highest BCUT2D eigenvalue weighted by Crippen LogP contribution is 2.35. The van der Waals surface area contributed by atoms with Gasteiger partial charge in [0.05, 0.1) is 6.10 Å². The Bertz CT molecular complexity index is 348. The first-order valence-corrected chi connectivity index (χ1v) is 6.47. The van der Waals surface area contributed by atoms with Crippen LogP contribution in [0.25, 0.3) is 0 Å². The standard InChI is InChI=1S/C13H18OS/c1-9-6-7-11(8-10(9)2)15-13-5-3-4-12(13)14/h6-8,12-14H,3-5H2,1-2H3/t12-,13-/m0/s1. The number of aryl methyl sites for hydroxylation is 2. The minimum atomic E-state index is -0.100. The van der Waals surface area contributed by atoms with Crippen molar-refractivity contribution in [1.29, 1.82) is 0 Å². The van der Waals surface area contributed by atoms with Crippen LogP contribution >= 0.6 is 11.8 Å². The van der Waals surface area contributed by atoms with Gasteiger partial charge in [0.1, 0.15) is 0 Å². The van der Waals surface area contributed by atoms with Gasteiger partial charge in [0.15, 0.2) is 0 Å². The fourth-order valence-electron chi connectivity index (χ4n) is 2.01. The van der Waals surface area contributed by atoms with Gasteiger partial charge in [-0.15, -0.1) is 11.8 Å². The Morgan fingerprint density at radius 3 is 2.60 bits per heavy atom. The van der Waals surface area contributed by atoms with Gasteiger partial charge in [0.25, 0.3) is 0 Å². The maximum atomic E-state index is 9.75. The average Bonchev–Trinajstić information content (AvgIpc) is 2.59. The summed E-state index contributed by atoms with van der Waals surface area (Å²) in [7, 11) is 0. The number of thioether (sulfide) groups is 1. The lowest BCUT2D eigenvalue weighted by molar-refractivity contribution is 0.188.